The molecule has 0 heterocycles. The minimum Gasteiger partial charge on any atom is -0.394 e. The molecule has 0 aliphatic carbocycles. The van der Waals surface area contributed by atoms with Crippen LogP contribution >= 0.6 is 0 Å². The molecule has 0 rings (SSSR count). The second-order valence-electron chi connectivity index (χ2n) is 5.73. The number of unbranched alkanes of at least 4 members (excludes halogenated alkanes) is 10. The highest BCUT2D eigenvalue weighted by atomic mass is 16.5. The second kappa shape index (κ2) is 16.0. The first-order chi connectivity index (χ1) is 9.31. The third-order valence-electron chi connectivity index (χ3n) is 3.71. The van der Waals surface area contributed by atoms with Gasteiger partial charge < -0.3 is 9.84 Å². The van der Waals surface area contributed by atoms with E-state index in [4.69, 9.17) is 9.84 Å². The van der Waals surface area contributed by atoms with E-state index in [9.17, 15) is 0 Å². The van der Waals surface area contributed by atoms with Crippen LogP contribution in [0.1, 0.15) is 90.9 Å². The van der Waals surface area contributed by atoms with Crippen LogP contribution in [0.15, 0.2) is 0 Å². The molecule has 0 amide bonds. The fourth-order valence-electron chi connectivity index (χ4n) is 2.43. The lowest BCUT2D eigenvalue weighted by Crippen LogP contribution is -2.11. The van der Waals surface area contributed by atoms with Crippen LogP contribution in [-0.2, 0) is 4.74 Å². The van der Waals surface area contributed by atoms with Crippen molar-refractivity contribution in [2.24, 2.45) is 0 Å². The van der Waals surface area contributed by atoms with Crippen molar-refractivity contribution in [3.05, 3.63) is 0 Å². The van der Waals surface area contributed by atoms with E-state index in [0.717, 1.165) is 6.42 Å². The van der Waals surface area contributed by atoms with Gasteiger partial charge in [-0.15, -0.1) is 0 Å². The molecule has 0 aromatic heterocycles. The summed E-state index contributed by atoms with van der Waals surface area (Å²) in [6.07, 6.45) is 16.7. The highest BCUT2D eigenvalue weighted by Crippen LogP contribution is 2.13. The van der Waals surface area contributed by atoms with Gasteiger partial charge in [0.05, 0.1) is 19.3 Å². The lowest BCUT2D eigenvalue weighted by Gasteiger charge is -2.11. The van der Waals surface area contributed by atoms with Gasteiger partial charge in [-0.2, -0.15) is 0 Å². The summed E-state index contributed by atoms with van der Waals surface area (Å²) in [5, 5.41) is 8.65. The van der Waals surface area contributed by atoms with Crippen LogP contribution in [0.5, 0.6) is 0 Å². The van der Waals surface area contributed by atoms with E-state index in [0.29, 0.717) is 12.7 Å². The van der Waals surface area contributed by atoms with Crippen LogP contribution in [0.25, 0.3) is 0 Å². The van der Waals surface area contributed by atoms with Crippen molar-refractivity contribution in [2.75, 3.05) is 13.2 Å². The summed E-state index contributed by atoms with van der Waals surface area (Å²) in [7, 11) is 0. The fourth-order valence-corrected chi connectivity index (χ4v) is 2.43. The number of aliphatic hydroxyl groups excluding tert-OH is 1. The number of ether oxygens (including phenoxy) is 1. The Bertz CT molecular complexity index is 159. The Hall–Kier alpha value is -0.0800. The largest absolute Gasteiger partial charge is 0.394 e. The van der Waals surface area contributed by atoms with E-state index < -0.39 is 0 Å². The van der Waals surface area contributed by atoms with Crippen molar-refractivity contribution in [2.45, 2.75) is 97.0 Å². The summed E-state index contributed by atoms with van der Waals surface area (Å²) in [5.41, 5.74) is 0. The number of hydrogen-bond acceptors (Lipinski definition) is 2. The van der Waals surface area contributed by atoms with Gasteiger partial charge in [0, 0.05) is 0 Å². The average molecular weight is 272 g/mol. The molecule has 1 atom stereocenters. The van der Waals surface area contributed by atoms with Crippen molar-refractivity contribution in [1.82, 2.24) is 0 Å². The Morgan fingerprint density at radius 1 is 0.789 bits per heavy atom. The zero-order valence-corrected chi connectivity index (χ0v) is 13.3. The normalized spacial score (nSPS) is 12.8. The first-order valence-electron chi connectivity index (χ1n) is 8.53. The van der Waals surface area contributed by atoms with Gasteiger partial charge in [-0.25, -0.2) is 0 Å². The summed E-state index contributed by atoms with van der Waals surface area (Å²) >= 11 is 0. The van der Waals surface area contributed by atoms with Gasteiger partial charge in [-0.05, 0) is 13.3 Å². The summed E-state index contributed by atoms with van der Waals surface area (Å²) in [6.45, 7) is 5.00. The van der Waals surface area contributed by atoms with Crippen LogP contribution in [-0.4, -0.2) is 24.4 Å². The smallest absolute Gasteiger partial charge is 0.0701 e. The van der Waals surface area contributed by atoms with Gasteiger partial charge in [0.1, 0.15) is 0 Å². The molecule has 0 saturated carbocycles. The van der Waals surface area contributed by atoms with E-state index in [2.05, 4.69) is 13.8 Å². The molecule has 0 spiro atoms. The summed E-state index contributed by atoms with van der Waals surface area (Å²) in [5.74, 6) is 0. The summed E-state index contributed by atoms with van der Waals surface area (Å²) in [6, 6.07) is 0. The molecular weight excluding hydrogens is 236 g/mol. The maximum absolute atomic E-state index is 8.65. The van der Waals surface area contributed by atoms with Crippen molar-refractivity contribution in [1.29, 1.82) is 0 Å². The Kier molecular flexibility index (Phi) is 15.9. The second-order valence-corrected chi connectivity index (χ2v) is 5.73. The summed E-state index contributed by atoms with van der Waals surface area (Å²) in [4.78, 5) is 0. The maximum atomic E-state index is 8.65. The summed E-state index contributed by atoms with van der Waals surface area (Å²) < 4.78 is 5.43. The highest BCUT2D eigenvalue weighted by molar-refractivity contribution is 4.53. The van der Waals surface area contributed by atoms with Gasteiger partial charge in [-0.1, -0.05) is 77.6 Å². The van der Waals surface area contributed by atoms with E-state index in [1.807, 2.05) is 0 Å². The van der Waals surface area contributed by atoms with Gasteiger partial charge >= 0.3 is 0 Å². The van der Waals surface area contributed by atoms with Gasteiger partial charge in [0.15, 0.2) is 0 Å². The Morgan fingerprint density at radius 3 is 1.74 bits per heavy atom. The van der Waals surface area contributed by atoms with Crippen LogP contribution in [0, 0.1) is 0 Å². The lowest BCUT2D eigenvalue weighted by atomic mass is 10.0. The van der Waals surface area contributed by atoms with E-state index in [1.54, 1.807) is 0 Å². The number of aliphatic hydroxyl groups is 1. The van der Waals surface area contributed by atoms with Crippen molar-refractivity contribution < 1.29 is 9.84 Å². The predicted octanol–water partition coefficient (Wildman–Crippen LogP) is 5.08. The van der Waals surface area contributed by atoms with E-state index in [-0.39, 0.29) is 6.61 Å². The molecule has 116 valence electrons. The first kappa shape index (κ1) is 18.9. The molecule has 2 heteroatoms. The molecule has 0 saturated heterocycles. The maximum Gasteiger partial charge on any atom is 0.0701 e. The standard InChI is InChI=1S/C17H36O2/c1-3-4-5-6-7-8-9-10-11-12-13-14-17(2)19-16-15-18/h17-18H,3-16H2,1-2H3. The minimum atomic E-state index is 0.141. The molecule has 0 aromatic rings. The molecule has 0 aliphatic heterocycles. The van der Waals surface area contributed by atoms with Crippen molar-refractivity contribution in [3.63, 3.8) is 0 Å². The monoisotopic (exact) mass is 272 g/mol. The van der Waals surface area contributed by atoms with Crippen LogP contribution in [0.2, 0.25) is 0 Å². The SMILES string of the molecule is CCCCCCCCCCCCCC(C)OCCO. The van der Waals surface area contributed by atoms with Crippen LogP contribution in [0.3, 0.4) is 0 Å². The molecular formula is C17H36O2. The van der Waals surface area contributed by atoms with E-state index in [1.165, 1.54) is 70.6 Å². The molecule has 1 unspecified atom stereocenters. The van der Waals surface area contributed by atoms with Gasteiger partial charge in [0.2, 0.25) is 0 Å². The van der Waals surface area contributed by atoms with Crippen LogP contribution in [0.4, 0.5) is 0 Å². The molecule has 0 bridgehead atoms. The van der Waals surface area contributed by atoms with Gasteiger partial charge in [-0.3, -0.25) is 0 Å². The molecule has 0 aliphatic rings. The quantitative estimate of drug-likeness (QED) is 0.421. The molecule has 0 radical (unpaired) electrons. The Balaban J connectivity index is 3.02. The molecule has 1 N–H and O–H groups in total. The molecule has 0 aromatic carbocycles. The third-order valence-corrected chi connectivity index (χ3v) is 3.71. The zero-order chi connectivity index (χ0) is 14.2. The molecule has 0 fully saturated rings. The zero-order valence-electron chi connectivity index (χ0n) is 13.3. The molecule has 19 heavy (non-hydrogen) atoms. The first-order valence-corrected chi connectivity index (χ1v) is 8.53. The highest BCUT2D eigenvalue weighted by Gasteiger charge is 2.01. The predicted molar refractivity (Wildman–Crippen MR) is 83.6 cm³/mol. The topological polar surface area (TPSA) is 29.5 Å². The van der Waals surface area contributed by atoms with Crippen molar-refractivity contribution >= 4 is 0 Å². The van der Waals surface area contributed by atoms with Crippen molar-refractivity contribution in [3.8, 4) is 0 Å². The minimum absolute atomic E-state index is 0.141. The lowest BCUT2D eigenvalue weighted by molar-refractivity contribution is 0.0333. The molecule has 2 nitrogen and oxygen atoms in total. The number of rotatable bonds is 15. The van der Waals surface area contributed by atoms with Crippen LogP contribution < -0.4 is 0 Å². The Labute approximate surface area is 120 Å². The average Bonchev–Trinajstić information content (AvgIpc) is 2.42. The third kappa shape index (κ3) is 15.9. The Morgan fingerprint density at radius 2 is 1.26 bits per heavy atom. The van der Waals surface area contributed by atoms with Gasteiger partial charge in [0.25, 0.3) is 0 Å². The van der Waals surface area contributed by atoms with E-state index >= 15 is 0 Å². The number of hydrogen-bond donors (Lipinski definition) is 1. The fraction of sp³-hybridized carbons (Fsp3) is 1.00.